The number of carbonyl (C=O) groups is 2. The number of nitrogens with zero attached hydrogens (tertiary/aromatic N) is 3. The average molecular weight is 386 g/mol. The van der Waals surface area contributed by atoms with Gasteiger partial charge in [0.15, 0.2) is 0 Å². The van der Waals surface area contributed by atoms with Gasteiger partial charge in [0, 0.05) is 55.7 Å². The van der Waals surface area contributed by atoms with Crippen LogP contribution in [0, 0.1) is 5.41 Å². The van der Waals surface area contributed by atoms with E-state index >= 15 is 0 Å². The normalized spacial score (nSPS) is 19.8. The van der Waals surface area contributed by atoms with E-state index in [2.05, 4.69) is 20.2 Å². The van der Waals surface area contributed by atoms with Gasteiger partial charge in [0.1, 0.15) is 5.60 Å². The lowest BCUT2D eigenvalue weighted by molar-refractivity contribution is -0.139. The maximum atomic E-state index is 12.2. The Kier molecular flexibility index (Phi) is 5.51. The van der Waals surface area contributed by atoms with Gasteiger partial charge in [-0.1, -0.05) is 13.8 Å². The summed E-state index contributed by atoms with van der Waals surface area (Å²) in [7, 11) is 0. The third-order valence-electron chi connectivity index (χ3n) is 5.08. The molecule has 1 aliphatic rings. The zero-order chi connectivity index (χ0) is 20.4. The number of aliphatic carboxylic acids is 1. The van der Waals surface area contributed by atoms with Crippen LogP contribution >= 0.6 is 0 Å². The minimum Gasteiger partial charge on any atom is -0.481 e. The molecule has 2 aromatic rings. The Morgan fingerprint density at radius 1 is 1.29 bits per heavy atom. The van der Waals surface area contributed by atoms with E-state index in [0.717, 1.165) is 16.6 Å². The lowest BCUT2D eigenvalue weighted by Gasteiger charge is -2.26. The second kappa shape index (κ2) is 7.71. The molecule has 1 fully saturated rings. The molecule has 1 amide bonds. The van der Waals surface area contributed by atoms with Crippen LogP contribution < -0.4 is 10.2 Å². The van der Waals surface area contributed by atoms with Gasteiger partial charge in [0.2, 0.25) is 5.91 Å². The molecule has 0 aliphatic carbocycles. The molecule has 3 N–H and O–H groups in total. The maximum absolute atomic E-state index is 12.2. The van der Waals surface area contributed by atoms with Crippen molar-refractivity contribution in [1.82, 2.24) is 15.3 Å². The van der Waals surface area contributed by atoms with Crippen LogP contribution in [-0.4, -0.2) is 57.3 Å². The number of aromatic nitrogens is 2. The minimum atomic E-state index is -1.04. The highest BCUT2D eigenvalue weighted by atomic mass is 16.4. The summed E-state index contributed by atoms with van der Waals surface area (Å²) < 4.78 is 0. The van der Waals surface area contributed by atoms with E-state index in [-0.39, 0.29) is 25.3 Å². The summed E-state index contributed by atoms with van der Waals surface area (Å²) >= 11 is 0. The van der Waals surface area contributed by atoms with Crippen molar-refractivity contribution in [3.8, 4) is 0 Å². The summed E-state index contributed by atoms with van der Waals surface area (Å²) in [6.07, 6.45) is 5.74. The highest BCUT2D eigenvalue weighted by molar-refractivity contribution is 5.90. The Morgan fingerprint density at radius 2 is 2.07 bits per heavy atom. The van der Waals surface area contributed by atoms with E-state index in [1.165, 1.54) is 0 Å². The molecule has 0 aromatic carbocycles. The number of aliphatic hydroxyl groups is 1. The number of anilines is 1. The van der Waals surface area contributed by atoms with Crippen molar-refractivity contribution in [1.29, 1.82) is 0 Å². The molecular formula is C20H26N4O4. The Bertz CT molecular complexity index is 880. The van der Waals surface area contributed by atoms with Crippen LogP contribution in [0.15, 0.2) is 30.7 Å². The highest BCUT2D eigenvalue weighted by Crippen LogP contribution is 2.31. The molecule has 0 spiro atoms. The molecule has 1 atom stereocenters. The molecule has 8 nitrogen and oxygen atoms in total. The number of rotatable bonds is 7. The summed E-state index contributed by atoms with van der Waals surface area (Å²) in [5.74, 6) is -1.18. The van der Waals surface area contributed by atoms with Gasteiger partial charge >= 0.3 is 5.97 Å². The van der Waals surface area contributed by atoms with Gasteiger partial charge in [-0.3, -0.25) is 19.6 Å². The fraction of sp³-hybridized carbons (Fsp3) is 0.500. The van der Waals surface area contributed by atoms with Crippen LogP contribution in [0.2, 0.25) is 0 Å². The van der Waals surface area contributed by atoms with Gasteiger partial charge in [-0.15, -0.1) is 0 Å². The minimum absolute atomic E-state index is 0.0817. The van der Waals surface area contributed by atoms with E-state index < -0.39 is 17.0 Å². The molecule has 0 radical (unpaired) electrons. The molecular weight excluding hydrogens is 360 g/mol. The van der Waals surface area contributed by atoms with Crippen LogP contribution in [0.3, 0.4) is 0 Å². The van der Waals surface area contributed by atoms with E-state index in [4.69, 9.17) is 5.11 Å². The van der Waals surface area contributed by atoms with Crippen molar-refractivity contribution in [2.24, 2.45) is 5.41 Å². The number of hydrogen-bond donors (Lipinski definition) is 3. The number of carbonyl (C=O) groups excluding carboxylic acids is 1. The van der Waals surface area contributed by atoms with Gasteiger partial charge in [0.05, 0.1) is 11.9 Å². The van der Waals surface area contributed by atoms with Crippen molar-refractivity contribution in [2.75, 3.05) is 24.5 Å². The molecule has 3 rings (SSSR count). The SMILES string of the molecule is CC(C)(CC(=O)O)CC(=O)NC[C@@]1(O)CCN(c2ccnc3ccncc23)C1. The molecule has 28 heavy (non-hydrogen) atoms. The van der Waals surface area contributed by atoms with Gasteiger partial charge in [0.25, 0.3) is 0 Å². The Balaban J connectivity index is 1.61. The number of hydrogen-bond acceptors (Lipinski definition) is 6. The zero-order valence-electron chi connectivity index (χ0n) is 16.2. The van der Waals surface area contributed by atoms with Crippen LogP contribution in [-0.2, 0) is 9.59 Å². The highest BCUT2D eigenvalue weighted by Gasteiger charge is 2.37. The van der Waals surface area contributed by atoms with Crippen molar-refractivity contribution >= 4 is 28.5 Å². The van der Waals surface area contributed by atoms with E-state index in [0.29, 0.717) is 19.5 Å². The van der Waals surface area contributed by atoms with Crippen molar-refractivity contribution in [2.45, 2.75) is 38.7 Å². The number of nitrogens with one attached hydrogen (secondary N) is 1. The third-order valence-corrected chi connectivity index (χ3v) is 5.08. The van der Waals surface area contributed by atoms with E-state index in [1.807, 2.05) is 12.1 Å². The smallest absolute Gasteiger partial charge is 0.303 e. The van der Waals surface area contributed by atoms with Crippen LogP contribution in [0.4, 0.5) is 5.69 Å². The first-order chi connectivity index (χ1) is 13.2. The first-order valence-electron chi connectivity index (χ1n) is 9.32. The second-order valence-electron chi connectivity index (χ2n) is 8.31. The molecule has 0 saturated carbocycles. The second-order valence-corrected chi connectivity index (χ2v) is 8.31. The molecule has 1 aliphatic heterocycles. The van der Waals surface area contributed by atoms with Gasteiger partial charge < -0.3 is 20.4 Å². The third kappa shape index (κ3) is 4.75. The number of fused-ring (bicyclic) bond motifs is 1. The van der Waals surface area contributed by atoms with Gasteiger partial charge in [-0.2, -0.15) is 0 Å². The molecule has 150 valence electrons. The average Bonchev–Trinajstić information content (AvgIpc) is 3.00. The fourth-order valence-electron chi connectivity index (χ4n) is 3.69. The Labute approximate surface area is 163 Å². The first kappa shape index (κ1) is 20.0. The fourth-order valence-corrected chi connectivity index (χ4v) is 3.69. The summed E-state index contributed by atoms with van der Waals surface area (Å²) in [6, 6.07) is 3.75. The number of pyridine rings is 2. The van der Waals surface area contributed by atoms with Crippen LogP contribution in [0.5, 0.6) is 0 Å². The summed E-state index contributed by atoms with van der Waals surface area (Å²) in [4.78, 5) is 33.7. The maximum Gasteiger partial charge on any atom is 0.303 e. The van der Waals surface area contributed by atoms with Crippen molar-refractivity contribution in [3.63, 3.8) is 0 Å². The number of amides is 1. The van der Waals surface area contributed by atoms with Crippen molar-refractivity contribution in [3.05, 3.63) is 30.7 Å². The van der Waals surface area contributed by atoms with E-state index in [1.54, 1.807) is 32.4 Å². The summed E-state index contributed by atoms with van der Waals surface area (Å²) in [5.41, 5.74) is 0.132. The predicted molar refractivity (Wildman–Crippen MR) is 105 cm³/mol. The topological polar surface area (TPSA) is 116 Å². The van der Waals surface area contributed by atoms with Crippen LogP contribution in [0.25, 0.3) is 10.9 Å². The first-order valence-corrected chi connectivity index (χ1v) is 9.32. The van der Waals surface area contributed by atoms with E-state index in [9.17, 15) is 14.7 Å². The Morgan fingerprint density at radius 3 is 2.82 bits per heavy atom. The molecule has 2 aromatic heterocycles. The molecule has 0 bridgehead atoms. The standard InChI is InChI=1S/C20H26N4O4/c1-19(2,10-18(26)27)9-17(25)23-12-20(28)5-8-24(13-20)16-4-7-22-15-3-6-21-11-14(15)16/h3-4,6-7,11,28H,5,8-10,12-13H2,1-2H3,(H,23,25)(H,26,27)/t20-/m0/s1. The summed E-state index contributed by atoms with van der Waals surface area (Å²) in [5, 5.41) is 23.5. The predicted octanol–water partition coefficient (Wildman–Crippen LogP) is 1.58. The lowest BCUT2D eigenvalue weighted by Crippen LogP contribution is -2.45. The molecule has 1 saturated heterocycles. The monoisotopic (exact) mass is 386 g/mol. The largest absolute Gasteiger partial charge is 0.481 e. The van der Waals surface area contributed by atoms with Gasteiger partial charge in [-0.05, 0) is 24.0 Å². The zero-order valence-corrected chi connectivity index (χ0v) is 16.2. The number of carboxylic acids is 1. The number of carboxylic acid groups (broad SMARTS) is 1. The van der Waals surface area contributed by atoms with Crippen LogP contribution in [0.1, 0.15) is 33.1 Å². The lowest BCUT2D eigenvalue weighted by atomic mass is 9.85. The quantitative estimate of drug-likeness (QED) is 0.661. The van der Waals surface area contributed by atoms with Crippen molar-refractivity contribution < 1.29 is 19.8 Å². The van der Waals surface area contributed by atoms with Gasteiger partial charge in [-0.25, -0.2) is 0 Å². The number of β-amino-alcohol motifs (C(OH)–C–C–N with tert-alkyl or cyclic N) is 1. The molecule has 8 heteroatoms. The molecule has 3 heterocycles. The molecule has 0 unspecified atom stereocenters. The summed E-state index contributed by atoms with van der Waals surface area (Å²) in [6.45, 7) is 4.67. The Hall–Kier alpha value is -2.74.